The molecule has 6 aliphatic rings. The van der Waals surface area contributed by atoms with Gasteiger partial charge in [-0.3, -0.25) is 19.2 Å². The molecule has 3 aliphatic carbocycles. The molecule has 11 nitrogen and oxygen atoms in total. The molecule has 2 saturated heterocycles. The molecule has 0 radical (unpaired) electrons. The van der Waals surface area contributed by atoms with Crippen LogP contribution in [0.4, 0.5) is 0 Å². The smallest absolute Gasteiger partial charge is 0.264 e. The lowest BCUT2D eigenvalue weighted by molar-refractivity contribution is 0.0618. The molecule has 5 fully saturated rings. The third-order valence-corrected chi connectivity index (χ3v) is 15.7. The minimum atomic E-state index is -3.83. The molecule has 5 heterocycles. The Kier molecular flexibility index (Phi) is 9.16. The lowest BCUT2D eigenvalue weighted by Crippen LogP contribution is -2.49. The summed E-state index contributed by atoms with van der Waals surface area (Å²) in [6.07, 6.45) is 16.6. The number of nitrogens with zero attached hydrogens (tertiary/aromatic N) is 5. The number of sulfonamides is 1. The van der Waals surface area contributed by atoms with E-state index in [4.69, 9.17) is 9.84 Å². The van der Waals surface area contributed by atoms with Crippen molar-refractivity contribution in [3.63, 3.8) is 0 Å². The number of piperazine rings is 1. The van der Waals surface area contributed by atoms with Crippen molar-refractivity contribution in [1.82, 2.24) is 28.9 Å². The van der Waals surface area contributed by atoms with Gasteiger partial charge in [-0.1, -0.05) is 25.3 Å². The summed E-state index contributed by atoms with van der Waals surface area (Å²) in [5, 5.41) is 5.34. The van der Waals surface area contributed by atoms with Crippen molar-refractivity contribution in [3.8, 4) is 17.0 Å². The van der Waals surface area contributed by atoms with Crippen molar-refractivity contribution < 1.29 is 22.7 Å². The predicted octanol–water partition coefficient (Wildman–Crippen LogP) is 7.62. The second-order valence-corrected chi connectivity index (χ2v) is 20.1. The third-order valence-electron chi connectivity index (χ3n) is 14.0. The van der Waals surface area contributed by atoms with Crippen LogP contribution in [0.3, 0.4) is 0 Å². The van der Waals surface area contributed by atoms with Crippen molar-refractivity contribution in [1.29, 1.82) is 0 Å². The number of hydrogen-bond acceptors (Lipinski definition) is 7. The topological polar surface area (TPSA) is 119 Å². The van der Waals surface area contributed by atoms with Gasteiger partial charge in [0.2, 0.25) is 10.0 Å². The number of hydrogen-bond donors (Lipinski definition) is 1. The van der Waals surface area contributed by atoms with Crippen LogP contribution < -0.4 is 9.46 Å². The number of rotatable bonds is 10. The molecule has 300 valence electrons. The van der Waals surface area contributed by atoms with Gasteiger partial charge < -0.3 is 14.2 Å². The first-order chi connectivity index (χ1) is 27.6. The van der Waals surface area contributed by atoms with Crippen LogP contribution in [0.5, 0.6) is 5.75 Å². The summed E-state index contributed by atoms with van der Waals surface area (Å²) in [5.74, 6) is 1.34. The van der Waals surface area contributed by atoms with Crippen LogP contribution >= 0.6 is 0 Å². The lowest BCUT2D eigenvalue weighted by atomic mass is 9.81. The van der Waals surface area contributed by atoms with Crippen molar-refractivity contribution in [2.45, 2.75) is 120 Å². The SMILES string of the molecule is COc1ccc2c(c1)C=C(c1c(C(=O)N3C[C@@H]4C[C@H]3CN4CC3CC3)cnn1C1CCC1)Cn1c-2c(C2CCCCC2)c2ccc(C(=O)NS(=O)(=O)C(C)C)cc21. The maximum Gasteiger partial charge on any atom is 0.264 e. The highest BCUT2D eigenvalue weighted by atomic mass is 32.2. The molecule has 10 rings (SSSR count). The molecule has 1 N–H and O–H groups in total. The van der Waals surface area contributed by atoms with E-state index < -0.39 is 21.2 Å². The molecular formula is C45H54N6O5S. The first-order valence-corrected chi connectivity index (χ1v) is 22.9. The molecule has 12 heteroatoms. The lowest BCUT2D eigenvalue weighted by Gasteiger charge is -2.34. The molecule has 0 unspecified atom stereocenters. The van der Waals surface area contributed by atoms with E-state index in [2.05, 4.69) is 42.0 Å². The minimum absolute atomic E-state index is 0.0657. The molecule has 2 aromatic carbocycles. The molecule has 2 aromatic heterocycles. The molecular weight excluding hydrogens is 737 g/mol. The molecule has 2 bridgehead atoms. The van der Waals surface area contributed by atoms with Gasteiger partial charge in [0.05, 0.1) is 48.1 Å². The summed E-state index contributed by atoms with van der Waals surface area (Å²) in [5.41, 5.74) is 8.17. The number of amides is 2. The highest BCUT2D eigenvalue weighted by Gasteiger charge is 2.47. The van der Waals surface area contributed by atoms with Gasteiger partial charge in [-0.15, -0.1) is 0 Å². The quantitative estimate of drug-likeness (QED) is 0.176. The highest BCUT2D eigenvalue weighted by molar-refractivity contribution is 7.90. The van der Waals surface area contributed by atoms with E-state index in [9.17, 15) is 18.0 Å². The zero-order valence-corrected chi connectivity index (χ0v) is 34.2. The van der Waals surface area contributed by atoms with Gasteiger partial charge in [0, 0.05) is 53.7 Å². The Morgan fingerprint density at radius 1 is 0.912 bits per heavy atom. The summed E-state index contributed by atoms with van der Waals surface area (Å²) in [4.78, 5) is 33.2. The molecule has 4 aromatic rings. The Labute approximate surface area is 335 Å². The number of aromatic nitrogens is 3. The number of allylic oxidation sites excluding steroid dienone is 1. The van der Waals surface area contributed by atoms with Crippen LogP contribution in [-0.2, 0) is 16.6 Å². The Balaban J connectivity index is 1.13. The van der Waals surface area contributed by atoms with Gasteiger partial charge in [-0.25, -0.2) is 13.1 Å². The number of ether oxygens (including phenoxy) is 1. The first kappa shape index (κ1) is 36.9. The molecule has 2 atom stereocenters. The molecule has 3 saturated carbocycles. The second-order valence-electron chi connectivity index (χ2n) is 17.9. The van der Waals surface area contributed by atoms with Gasteiger partial charge in [0.25, 0.3) is 11.8 Å². The summed E-state index contributed by atoms with van der Waals surface area (Å²) < 4.78 is 38.2. The number of methoxy groups -OCH3 is 1. The maximum atomic E-state index is 14.9. The number of nitrogens with one attached hydrogen (secondary N) is 1. The number of carbonyl (C=O) groups is 2. The Morgan fingerprint density at radius 3 is 2.40 bits per heavy atom. The molecule has 0 spiro atoms. The fraction of sp³-hybridized carbons (Fsp3) is 0.533. The van der Waals surface area contributed by atoms with Crippen LogP contribution in [0.15, 0.2) is 42.6 Å². The van der Waals surface area contributed by atoms with Crippen LogP contribution in [0.1, 0.15) is 134 Å². The number of likely N-dealkylation sites (tertiary alicyclic amines) is 2. The Bertz CT molecular complexity index is 2410. The van der Waals surface area contributed by atoms with Crippen LogP contribution in [0.25, 0.3) is 33.8 Å². The summed E-state index contributed by atoms with van der Waals surface area (Å²) in [6, 6.07) is 12.8. The zero-order valence-electron chi connectivity index (χ0n) is 33.4. The first-order valence-electron chi connectivity index (χ1n) is 21.3. The van der Waals surface area contributed by atoms with E-state index >= 15 is 0 Å². The number of fused-ring (bicyclic) bond motifs is 7. The summed E-state index contributed by atoms with van der Waals surface area (Å²) in [7, 11) is -2.14. The van der Waals surface area contributed by atoms with Gasteiger partial charge in [-0.05, 0) is 130 Å². The average molecular weight is 791 g/mol. The monoisotopic (exact) mass is 790 g/mol. The van der Waals surface area contributed by atoms with Crippen LogP contribution in [0, 0.1) is 5.92 Å². The second kappa shape index (κ2) is 14.1. The molecule has 2 amide bonds. The fourth-order valence-corrected chi connectivity index (χ4v) is 11.0. The van der Waals surface area contributed by atoms with Crippen molar-refractivity contribution in [2.75, 3.05) is 26.7 Å². The maximum absolute atomic E-state index is 14.9. The van der Waals surface area contributed by atoms with E-state index in [-0.39, 0.29) is 18.0 Å². The molecule has 57 heavy (non-hydrogen) atoms. The van der Waals surface area contributed by atoms with Crippen LogP contribution in [0.2, 0.25) is 0 Å². The normalized spacial score (nSPS) is 22.7. The van der Waals surface area contributed by atoms with E-state index in [1.807, 2.05) is 24.4 Å². The predicted molar refractivity (Wildman–Crippen MR) is 222 cm³/mol. The van der Waals surface area contributed by atoms with E-state index in [0.29, 0.717) is 29.6 Å². The van der Waals surface area contributed by atoms with Gasteiger partial charge in [0.15, 0.2) is 0 Å². The summed E-state index contributed by atoms with van der Waals surface area (Å²) in [6.45, 7) is 6.45. The van der Waals surface area contributed by atoms with E-state index in [1.165, 1.54) is 24.8 Å². The molecule has 3 aliphatic heterocycles. The van der Waals surface area contributed by atoms with Crippen LogP contribution in [-0.4, -0.2) is 88.5 Å². The highest BCUT2D eigenvalue weighted by Crippen LogP contribution is 2.49. The number of benzene rings is 2. The van der Waals surface area contributed by atoms with Gasteiger partial charge in [-0.2, -0.15) is 5.10 Å². The van der Waals surface area contributed by atoms with Gasteiger partial charge >= 0.3 is 0 Å². The number of carbonyl (C=O) groups excluding carboxylic acids is 2. The standard InChI is InChI=1S/C45H54N6O5S/c1-27(2)57(54,55)47-44(52)30-14-16-38-40(20-30)50-24-32(18-31-19-36(56-3)15-17-37(31)43(50)41(38)29-8-5-4-6-9-29)42-39(22-46-51(42)33-10-7-11-33)45(53)49-26-34-21-35(49)25-48(34)23-28-12-13-28/h14-20,22,27-29,33-35H,4-13,21,23-26H2,1-3H3,(H,47,52)/t34-,35-/m0/s1. The fourth-order valence-electron chi connectivity index (χ4n) is 10.4. The van der Waals surface area contributed by atoms with Crippen molar-refractivity contribution in [3.05, 3.63) is 70.5 Å². The van der Waals surface area contributed by atoms with E-state index in [0.717, 1.165) is 122 Å². The summed E-state index contributed by atoms with van der Waals surface area (Å²) >= 11 is 0. The van der Waals surface area contributed by atoms with Gasteiger partial charge in [0.1, 0.15) is 5.75 Å². The van der Waals surface area contributed by atoms with Crippen molar-refractivity contribution >= 4 is 44.4 Å². The largest absolute Gasteiger partial charge is 0.497 e. The zero-order chi connectivity index (χ0) is 39.2. The Hall–Kier alpha value is -4.42. The third kappa shape index (κ3) is 6.42. The van der Waals surface area contributed by atoms with Crippen molar-refractivity contribution in [2.24, 2.45) is 5.92 Å². The van der Waals surface area contributed by atoms with E-state index in [1.54, 1.807) is 27.0 Å². The Morgan fingerprint density at radius 2 is 1.72 bits per heavy atom. The average Bonchev–Trinajstić information content (AvgIpc) is 3.47. The minimum Gasteiger partial charge on any atom is -0.497 e.